The Morgan fingerprint density at radius 3 is 2.50 bits per heavy atom. The molecule has 1 aliphatic heterocycles. The number of nitrogens with zero attached hydrogens (tertiary/aromatic N) is 2. The zero-order chi connectivity index (χ0) is 23.9. The number of hydrogen-bond acceptors (Lipinski definition) is 9. The molecule has 0 radical (unpaired) electrons. The van der Waals surface area contributed by atoms with Crippen molar-refractivity contribution in [3.8, 4) is 5.75 Å². The van der Waals surface area contributed by atoms with Crippen LogP contribution >= 0.6 is 11.8 Å². The molecule has 1 saturated heterocycles. The smallest absolute Gasteiger partial charge is 0.387 e. The Kier molecular flexibility index (Phi) is 8.65. The van der Waals surface area contributed by atoms with E-state index < -0.39 is 12.2 Å². The van der Waals surface area contributed by atoms with Crippen LogP contribution in [-0.2, 0) is 0 Å². The predicted octanol–water partition coefficient (Wildman–Crippen LogP) is 3.48. The Balaban J connectivity index is 0.000000439. The molecule has 2 aromatic heterocycles. The maximum Gasteiger partial charge on any atom is 0.387 e. The fourth-order valence-electron chi connectivity index (χ4n) is 2.51. The highest BCUT2D eigenvalue weighted by Crippen LogP contribution is 2.28. The van der Waals surface area contributed by atoms with Gasteiger partial charge in [-0.2, -0.15) is 20.5 Å². The minimum atomic E-state index is -2.99. The van der Waals surface area contributed by atoms with E-state index in [0.717, 1.165) is 6.20 Å². The van der Waals surface area contributed by atoms with Crippen LogP contribution in [0.4, 0.5) is 20.3 Å². The van der Waals surface area contributed by atoms with Gasteiger partial charge in [-0.15, -0.1) is 0 Å². The second-order valence-corrected chi connectivity index (χ2v) is 8.92. The number of carbonyl (C=O) groups is 1. The number of aldehydes is 1. The molecule has 2 aromatic rings. The van der Waals surface area contributed by atoms with Crippen LogP contribution in [0.1, 0.15) is 36.7 Å². The molecule has 174 valence electrons. The molecule has 0 saturated carbocycles. The van der Waals surface area contributed by atoms with E-state index in [1.54, 1.807) is 0 Å². The maximum absolute atomic E-state index is 12.3. The molecule has 0 bridgehead atoms. The largest absolute Gasteiger partial charge is 0.433 e. The molecule has 0 aromatic carbocycles. The van der Waals surface area contributed by atoms with E-state index >= 15 is 0 Å². The number of aromatic nitrogens is 2. The van der Waals surface area contributed by atoms with Gasteiger partial charge >= 0.3 is 6.61 Å². The van der Waals surface area contributed by atoms with Crippen LogP contribution in [0.5, 0.6) is 5.75 Å². The lowest BCUT2D eigenvalue weighted by atomic mass is 9.95. The van der Waals surface area contributed by atoms with Gasteiger partial charge in [0.1, 0.15) is 17.2 Å². The van der Waals surface area contributed by atoms with E-state index in [2.05, 4.69) is 32.3 Å². The lowest BCUT2D eigenvalue weighted by Gasteiger charge is -2.37. The fourth-order valence-corrected chi connectivity index (χ4v) is 3.61. The van der Waals surface area contributed by atoms with Gasteiger partial charge in [0.2, 0.25) is 0 Å². The Bertz CT molecular complexity index is 944. The Labute approximate surface area is 189 Å². The molecule has 11 heteroatoms. The van der Waals surface area contributed by atoms with Crippen LogP contribution in [0.3, 0.4) is 0 Å². The van der Waals surface area contributed by atoms with Crippen molar-refractivity contribution in [2.75, 3.05) is 23.9 Å². The molecule has 0 unspecified atom stereocenters. The average Bonchev–Trinajstić information content (AvgIpc) is 2.71. The summed E-state index contributed by atoms with van der Waals surface area (Å²) in [6, 6.07) is 2.68. The van der Waals surface area contributed by atoms with E-state index in [1.165, 1.54) is 49.9 Å². The number of hydrogen-bond donors (Lipinski definition) is 4. The molecule has 0 spiro atoms. The van der Waals surface area contributed by atoms with Crippen molar-refractivity contribution < 1.29 is 23.4 Å². The van der Waals surface area contributed by atoms with Crippen LogP contribution in [0, 0.1) is 5.41 Å². The monoisotopic (exact) mass is 467 g/mol. The third-order valence-corrected chi connectivity index (χ3v) is 6.25. The van der Waals surface area contributed by atoms with Gasteiger partial charge in [0.15, 0.2) is 6.29 Å². The fraction of sp³-hybridized carbons (Fsp3) is 0.429. The standard InChI is InChI=1S/C16H16F2N4O3.C5H11NS/c1-16(2,24)13(19)12-3-9(8-23)5-21-14(12)22-10-4-11(7-20-6-10)25-15(17)18;1-5(6-2)3-7-4-5/h3-8,15,19,24H,1-2H3,(H,21,22);6H,3-4H2,1-2H3. The van der Waals surface area contributed by atoms with Crippen molar-refractivity contribution in [3.63, 3.8) is 0 Å². The molecule has 32 heavy (non-hydrogen) atoms. The quantitative estimate of drug-likeness (QED) is 0.344. The lowest BCUT2D eigenvalue weighted by molar-refractivity contribution is -0.0500. The molecule has 0 atom stereocenters. The first-order valence-corrected chi connectivity index (χ1v) is 10.8. The Morgan fingerprint density at radius 1 is 1.34 bits per heavy atom. The van der Waals surface area contributed by atoms with Crippen LogP contribution in [0.25, 0.3) is 0 Å². The van der Waals surface area contributed by atoms with Gasteiger partial charge in [-0.1, -0.05) is 0 Å². The van der Waals surface area contributed by atoms with Gasteiger partial charge in [-0.3, -0.25) is 9.78 Å². The van der Waals surface area contributed by atoms with E-state index in [-0.39, 0.29) is 34.1 Å². The van der Waals surface area contributed by atoms with Gasteiger partial charge in [0.25, 0.3) is 0 Å². The van der Waals surface area contributed by atoms with Crippen molar-refractivity contribution in [3.05, 3.63) is 41.9 Å². The van der Waals surface area contributed by atoms with Crippen LogP contribution in [0.15, 0.2) is 30.7 Å². The number of pyridine rings is 2. The second kappa shape index (κ2) is 10.8. The first-order chi connectivity index (χ1) is 15.0. The minimum absolute atomic E-state index is 0.149. The van der Waals surface area contributed by atoms with Crippen LogP contribution in [0.2, 0.25) is 0 Å². The van der Waals surface area contributed by atoms with Gasteiger partial charge < -0.3 is 25.9 Å². The number of carbonyl (C=O) groups excluding carboxylic acids is 1. The summed E-state index contributed by atoms with van der Waals surface area (Å²) in [6.45, 7) is 2.11. The summed E-state index contributed by atoms with van der Waals surface area (Å²) in [5.41, 5.74) is -0.462. The van der Waals surface area contributed by atoms with Gasteiger partial charge in [-0.25, -0.2) is 4.98 Å². The lowest BCUT2D eigenvalue weighted by Crippen LogP contribution is -2.51. The predicted molar refractivity (Wildman–Crippen MR) is 122 cm³/mol. The third-order valence-electron chi connectivity index (χ3n) is 4.57. The molecule has 8 nitrogen and oxygen atoms in total. The summed E-state index contributed by atoms with van der Waals surface area (Å²) < 4.78 is 28.9. The average molecular weight is 468 g/mol. The van der Waals surface area contributed by atoms with E-state index in [9.17, 15) is 18.7 Å². The number of aliphatic hydroxyl groups is 1. The molecule has 0 amide bonds. The summed E-state index contributed by atoms with van der Waals surface area (Å²) in [5.74, 6) is 2.57. The van der Waals surface area contributed by atoms with E-state index in [4.69, 9.17) is 5.41 Å². The van der Waals surface area contributed by atoms with Crippen LogP contribution < -0.4 is 15.4 Å². The summed E-state index contributed by atoms with van der Waals surface area (Å²) >= 11 is 2.01. The van der Waals surface area contributed by atoms with Crippen molar-refractivity contribution in [2.24, 2.45) is 0 Å². The van der Waals surface area contributed by atoms with E-state index in [1.807, 2.05) is 18.8 Å². The first-order valence-electron chi connectivity index (χ1n) is 9.68. The maximum atomic E-state index is 12.3. The summed E-state index contributed by atoms with van der Waals surface area (Å²) in [6.07, 6.45) is 4.32. The zero-order valence-electron chi connectivity index (χ0n) is 18.3. The van der Waals surface area contributed by atoms with Crippen LogP contribution in [-0.4, -0.2) is 63.4 Å². The number of rotatable bonds is 8. The number of halogens is 2. The third kappa shape index (κ3) is 7.21. The summed E-state index contributed by atoms with van der Waals surface area (Å²) in [7, 11) is 2.03. The number of ether oxygens (including phenoxy) is 1. The molecule has 1 aliphatic rings. The van der Waals surface area contributed by atoms with Crippen molar-refractivity contribution in [2.45, 2.75) is 38.5 Å². The van der Waals surface area contributed by atoms with E-state index in [0.29, 0.717) is 11.8 Å². The molecule has 3 rings (SSSR count). The molecular weight excluding hydrogens is 440 g/mol. The van der Waals surface area contributed by atoms with Gasteiger partial charge in [0, 0.05) is 40.4 Å². The topological polar surface area (TPSA) is 120 Å². The zero-order valence-corrected chi connectivity index (χ0v) is 19.1. The second-order valence-electron chi connectivity index (χ2n) is 7.93. The molecule has 3 heterocycles. The Morgan fingerprint density at radius 2 is 2.03 bits per heavy atom. The highest BCUT2D eigenvalue weighted by Gasteiger charge is 2.30. The number of thioether (sulfide) groups is 1. The minimum Gasteiger partial charge on any atom is -0.433 e. The molecular formula is C21H27F2N5O3S. The van der Waals surface area contributed by atoms with Crippen molar-refractivity contribution >= 4 is 35.3 Å². The number of nitrogens with one attached hydrogen (secondary N) is 3. The normalized spacial score (nSPS) is 14.6. The molecule has 0 aliphatic carbocycles. The van der Waals surface area contributed by atoms with Crippen molar-refractivity contribution in [1.82, 2.24) is 15.3 Å². The summed E-state index contributed by atoms with van der Waals surface area (Å²) in [4.78, 5) is 18.8. The van der Waals surface area contributed by atoms with Gasteiger partial charge in [0.05, 0.1) is 23.8 Å². The Hall–Kier alpha value is -2.63. The highest BCUT2D eigenvalue weighted by molar-refractivity contribution is 8.00. The molecule has 1 fully saturated rings. The van der Waals surface area contributed by atoms with Gasteiger partial charge in [-0.05, 0) is 33.9 Å². The number of alkyl halides is 2. The number of anilines is 2. The SMILES string of the molecule is CC(C)(O)C(=N)c1cc(C=O)cnc1Nc1cncc(OC(F)F)c1.CNC1(C)CSC1. The molecule has 4 N–H and O–H groups in total. The first kappa shape index (κ1) is 25.6. The highest BCUT2D eigenvalue weighted by atomic mass is 32.2. The summed E-state index contributed by atoms with van der Waals surface area (Å²) in [5, 5.41) is 24.2. The van der Waals surface area contributed by atoms with Crippen molar-refractivity contribution in [1.29, 1.82) is 5.41 Å².